The Balaban J connectivity index is 2.91. The van der Waals surface area contributed by atoms with Gasteiger partial charge in [0, 0.05) is 5.92 Å². The highest BCUT2D eigenvalue weighted by molar-refractivity contribution is 5.27. The molecule has 0 bridgehead atoms. The fourth-order valence-corrected chi connectivity index (χ4v) is 1.19. The number of rotatable bonds is 2. The van der Waals surface area contributed by atoms with Gasteiger partial charge in [-0.2, -0.15) is 10.5 Å². The normalized spacial score (nSPS) is 19.4. The zero-order valence-corrected chi connectivity index (χ0v) is 7.84. The molecule has 70 valence electrons. The van der Waals surface area contributed by atoms with E-state index in [0.29, 0.717) is 5.76 Å². The van der Waals surface area contributed by atoms with Gasteiger partial charge in [0.05, 0.1) is 19.2 Å². The third-order valence-electron chi connectivity index (χ3n) is 1.96. The standard InChI is InChI=1S/C11H10N2O/c1-14-11-5-3-2-4-9(6-11)10(7-12)8-13/h2-6,9-10H,1H3. The van der Waals surface area contributed by atoms with Gasteiger partial charge in [0.1, 0.15) is 11.7 Å². The fraction of sp³-hybridized carbons (Fsp3) is 0.273. The average molecular weight is 186 g/mol. The van der Waals surface area contributed by atoms with E-state index in [0.717, 1.165) is 0 Å². The van der Waals surface area contributed by atoms with Crippen molar-refractivity contribution in [3.05, 3.63) is 36.1 Å². The maximum absolute atomic E-state index is 8.73. The third kappa shape index (κ3) is 2.24. The van der Waals surface area contributed by atoms with Crippen molar-refractivity contribution in [2.75, 3.05) is 7.11 Å². The summed E-state index contributed by atoms with van der Waals surface area (Å²) < 4.78 is 5.06. The lowest BCUT2D eigenvalue weighted by molar-refractivity contribution is 0.303. The molecule has 1 atom stereocenters. The van der Waals surface area contributed by atoms with Crippen LogP contribution >= 0.6 is 0 Å². The lowest BCUT2D eigenvalue weighted by Gasteiger charge is -2.07. The van der Waals surface area contributed by atoms with Crippen molar-refractivity contribution >= 4 is 0 Å². The van der Waals surface area contributed by atoms with E-state index in [9.17, 15) is 0 Å². The molecule has 0 fully saturated rings. The molecular formula is C11H10N2O. The molecule has 0 aliphatic heterocycles. The summed E-state index contributed by atoms with van der Waals surface area (Å²) >= 11 is 0. The number of allylic oxidation sites excluding steroid dienone is 5. The summed E-state index contributed by atoms with van der Waals surface area (Å²) in [5, 5.41) is 17.5. The van der Waals surface area contributed by atoms with Crippen LogP contribution in [0.5, 0.6) is 0 Å². The molecule has 0 aromatic heterocycles. The highest BCUT2D eigenvalue weighted by Crippen LogP contribution is 2.19. The molecular weight excluding hydrogens is 176 g/mol. The first-order valence-corrected chi connectivity index (χ1v) is 4.21. The van der Waals surface area contributed by atoms with Crippen LogP contribution in [0.25, 0.3) is 0 Å². The van der Waals surface area contributed by atoms with Gasteiger partial charge in [-0.25, -0.2) is 0 Å². The second kappa shape index (κ2) is 4.89. The summed E-state index contributed by atoms with van der Waals surface area (Å²) in [6, 6.07) is 3.91. The van der Waals surface area contributed by atoms with Gasteiger partial charge in [0.2, 0.25) is 0 Å². The highest BCUT2D eigenvalue weighted by atomic mass is 16.5. The van der Waals surface area contributed by atoms with Crippen molar-refractivity contribution in [2.45, 2.75) is 0 Å². The molecule has 1 aliphatic carbocycles. The number of nitriles is 2. The molecule has 0 amide bonds. The first-order valence-electron chi connectivity index (χ1n) is 4.21. The molecule has 0 heterocycles. The van der Waals surface area contributed by atoms with E-state index in [-0.39, 0.29) is 5.92 Å². The van der Waals surface area contributed by atoms with Gasteiger partial charge in [-0.05, 0) is 12.2 Å². The Kier molecular flexibility index (Phi) is 3.52. The van der Waals surface area contributed by atoms with Crippen molar-refractivity contribution in [1.82, 2.24) is 0 Å². The van der Waals surface area contributed by atoms with Gasteiger partial charge in [0.25, 0.3) is 0 Å². The third-order valence-corrected chi connectivity index (χ3v) is 1.96. The van der Waals surface area contributed by atoms with Crippen LogP contribution in [-0.4, -0.2) is 7.11 Å². The molecule has 0 saturated heterocycles. The van der Waals surface area contributed by atoms with Crippen molar-refractivity contribution in [3.8, 4) is 12.1 Å². The molecule has 0 saturated carbocycles. The number of nitrogens with zero attached hydrogens (tertiary/aromatic N) is 2. The minimum atomic E-state index is -0.656. The van der Waals surface area contributed by atoms with Crippen LogP contribution in [0.1, 0.15) is 0 Å². The second-order valence-corrected chi connectivity index (χ2v) is 2.83. The SMILES string of the molecule is COC1=CC(C(C#N)C#N)C=CC=C1. The molecule has 0 aromatic rings. The van der Waals surface area contributed by atoms with E-state index in [1.165, 1.54) is 0 Å². The lowest BCUT2D eigenvalue weighted by Crippen LogP contribution is -2.06. The molecule has 0 radical (unpaired) electrons. The highest BCUT2D eigenvalue weighted by Gasteiger charge is 2.17. The van der Waals surface area contributed by atoms with Crippen LogP contribution < -0.4 is 0 Å². The molecule has 0 N–H and O–H groups in total. The van der Waals surface area contributed by atoms with E-state index in [4.69, 9.17) is 15.3 Å². The van der Waals surface area contributed by atoms with Gasteiger partial charge in [-0.15, -0.1) is 0 Å². The summed E-state index contributed by atoms with van der Waals surface area (Å²) in [5.74, 6) is -0.179. The molecule has 14 heavy (non-hydrogen) atoms. The quantitative estimate of drug-likeness (QED) is 0.662. The van der Waals surface area contributed by atoms with E-state index in [1.807, 2.05) is 30.4 Å². The maximum Gasteiger partial charge on any atom is 0.143 e. The Hall–Kier alpha value is -2.00. The first-order chi connectivity index (χ1) is 6.81. The van der Waals surface area contributed by atoms with Crippen LogP contribution in [0.4, 0.5) is 0 Å². The molecule has 3 heteroatoms. The summed E-state index contributed by atoms with van der Waals surface area (Å²) in [4.78, 5) is 0. The monoisotopic (exact) mass is 186 g/mol. The van der Waals surface area contributed by atoms with Gasteiger partial charge in [-0.3, -0.25) is 0 Å². The Morgan fingerprint density at radius 2 is 2.07 bits per heavy atom. The number of ether oxygens (including phenoxy) is 1. The Bertz CT molecular complexity index is 352. The predicted molar refractivity (Wildman–Crippen MR) is 51.6 cm³/mol. The van der Waals surface area contributed by atoms with Crippen LogP contribution in [0, 0.1) is 34.5 Å². The lowest BCUT2D eigenvalue weighted by atomic mass is 9.94. The van der Waals surface area contributed by atoms with E-state index in [2.05, 4.69) is 0 Å². The summed E-state index contributed by atoms with van der Waals surface area (Å²) in [6.45, 7) is 0. The topological polar surface area (TPSA) is 56.8 Å². The maximum atomic E-state index is 8.73. The van der Waals surface area contributed by atoms with Gasteiger partial charge in [-0.1, -0.05) is 18.2 Å². The van der Waals surface area contributed by atoms with Crippen molar-refractivity contribution in [1.29, 1.82) is 10.5 Å². The van der Waals surface area contributed by atoms with Crippen LogP contribution in [0.2, 0.25) is 0 Å². The molecule has 0 aromatic carbocycles. The number of methoxy groups -OCH3 is 1. The largest absolute Gasteiger partial charge is 0.497 e. The predicted octanol–water partition coefficient (Wildman–Crippen LogP) is 1.92. The van der Waals surface area contributed by atoms with Crippen LogP contribution in [-0.2, 0) is 4.74 Å². The van der Waals surface area contributed by atoms with E-state index < -0.39 is 5.92 Å². The van der Waals surface area contributed by atoms with Gasteiger partial charge in [0.15, 0.2) is 0 Å². The van der Waals surface area contributed by atoms with Crippen molar-refractivity contribution in [3.63, 3.8) is 0 Å². The molecule has 1 rings (SSSR count). The minimum absolute atomic E-state index is 0.199. The smallest absolute Gasteiger partial charge is 0.143 e. The number of hydrogen-bond donors (Lipinski definition) is 0. The molecule has 3 nitrogen and oxygen atoms in total. The zero-order valence-electron chi connectivity index (χ0n) is 7.84. The average Bonchev–Trinajstić information content (AvgIpc) is 2.45. The van der Waals surface area contributed by atoms with E-state index in [1.54, 1.807) is 19.3 Å². The summed E-state index contributed by atoms with van der Waals surface area (Å²) in [7, 11) is 1.56. The van der Waals surface area contributed by atoms with Crippen LogP contribution in [0.3, 0.4) is 0 Å². The summed E-state index contributed by atoms with van der Waals surface area (Å²) in [5.41, 5.74) is 0. The molecule has 1 unspecified atom stereocenters. The Morgan fingerprint density at radius 1 is 1.36 bits per heavy atom. The van der Waals surface area contributed by atoms with Gasteiger partial charge >= 0.3 is 0 Å². The van der Waals surface area contributed by atoms with Crippen LogP contribution in [0.15, 0.2) is 36.1 Å². The zero-order chi connectivity index (χ0) is 10.4. The summed E-state index contributed by atoms with van der Waals surface area (Å²) in [6.07, 6.45) is 9.02. The minimum Gasteiger partial charge on any atom is -0.497 e. The van der Waals surface area contributed by atoms with Crippen molar-refractivity contribution < 1.29 is 4.74 Å². The van der Waals surface area contributed by atoms with E-state index >= 15 is 0 Å². The molecule has 0 spiro atoms. The Labute approximate surface area is 83.2 Å². The fourth-order valence-electron chi connectivity index (χ4n) is 1.19. The van der Waals surface area contributed by atoms with Crippen molar-refractivity contribution in [2.24, 2.45) is 11.8 Å². The first kappa shape index (κ1) is 10.1. The molecule has 1 aliphatic rings. The van der Waals surface area contributed by atoms with Gasteiger partial charge < -0.3 is 4.74 Å². The second-order valence-electron chi connectivity index (χ2n) is 2.83. The number of hydrogen-bond acceptors (Lipinski definition) is 3. The Morgan fingerprint density at radius 3 is 2.64 bits per heavy atom.